The van der Waals surface area contributed by atoms with Crippen LogP contribution in [0.2, 0.25) is 0 Å². The molecule has 34 heavy (non-hydrogen) atoms. The van der Waals surface area contributed by atoms with Crippen LogP contribution in [0.5, 0.6) is 5.75 Å². The maximum Gasteiger partial charge on any atom is 0.186 e. The summed E-state index contributed by atoms with van der Waals surface area (Å²) in [5.74, 6) is 0.814. The van der Waals surface area contributed by atoms with Crippen molar-refractivity contribution in [3.63, 3.8) is 0 Å². The summed E-state index contributed by atoms with van der Waals surface area (Å²) in [5.41, 5.74) is 2.12. The zero-order valence-electron chi connectivity index (χ0n) is 20.7. The van der Waals surface area contributed by atoms with E-state index in [1.165, 1.54) is 0 Å². The van der Waals surface area contributed by atoms with Gasteiger partial charge in [-0.15, -0.1) is 0 Å². The van der Waals surface area contributed by atoms with Crippen molar-refractivity contribution in [3.05, 3.63) is 65.7 Å². The number of benzene rings is 2. The van der Waals surface area contributed by atoms with E-state index < -0.39 is 18.5 Å². The molecule has 3 rings (SSSR count). The van der Waals surface area contributed by atoms with E-state index in [4.69, 9.17) is 33.2 Å². The molecule has 1 aliphatic heterocycles. The molecule has 0 amide bonds. The lowest BCUT2D eigenvalue weighted by Crippen LogP contribution is -2.61. The standard InChI is InChI=1S/C27H38O7/c1-5-6-16-32-27-26(30-4)25(29-3)24(33-18-20-10-8-7-9-11-20)23(34-27)19-31-17-21-12-14-22(28-2)15-13-21/h7-15,23-27H,5-6,16-19H2,1-4H3/t23-,24+,25+,26-,27-/m1/s1. The van der Waals surface area contributed by atoms with Crippen molar-refractivity contribution in [2.45, 2.75) is 63.7 Å². The first kappa shape index (κ1) is 26.6. The molecule has 0 aromatic heterocycles. The van der Waals surface area contributed by atoms with Crippen molar-refractivity contribution in [2.75, 3.05) is 34.5 Å². The number of ether oxygens (including phenoxy) is 7. The Bertz CT molecular complexity index is 798. The Hall–Kier alpha value is -2.00. The molecule has 1 heterocycles. The molecule has 0 aliphatic carbocycles. The lowest BCUT2D eigenvalue weighted by atomic mass is 9.98. The summed E-state index contributed by atoms with van der Waals surface area (Å²) in [6.45, 7) is 3.92. The van der Waals surface area contributed by atoms with Crippen molar-refractivity contribution >= 4 is 0 Å². The molecule has 2 aromatic rings. The third-order valence-electron chi connectivity index (χ3n) is 5.91. The fourth-order valence-corrected chi connectivity index (χ4v) is 3.99. The molecule has 0 N–H and O–H groups in total. The summed E-state index contributed by atoms with van der Waals surface area (Å²) in [6, 6.07) is 17.9. The van der Waals surface area contributed by atoms with Gasteiger partial charge in [-0.2, -0.15) is 0 Å². The van der Waals surface area contributed by atoms with E-state index in [1.54, 1.807) is 21.3 Å². The van der Waals surface area contributed by atoms with Crippen LogP contribution in [-0.2, 0) is 41.6 Å². The van der Waals surface area contributed by atoms with E-state index in [1.807, 2.05) is 54.6 Å². The second-order valence-corrected chi connectivity index (χ2v) is 8.29. The fourth-order valence-electron chi connectivity index (χ4n) is 3.99. The zero-order chi connectivity index (χ0) is 24.2. The van der Waals surface area contributed by atoms with Gasteiger partial charge in [0.05, 0.1) is 26.9 Å². The molecule has 1 aliphatic rings. The highest BCUT2D eigenvalue weighted by molar-refractivity contribution is 5.26. The Morgan fingerprint density at radius 1 is 0.765 bits per heavy atom. The maximum atomic E-state index is 6.35. The average molecular weight is 475 g/mol. The van der Waals surface area contributed by atoms with Gasteiger partial charge in [0.15, 0.2) is 6.29 Å². The predicted octanol–water partition coefficient (Wildman–Crippen LogP) is 4.37. The summed E-state index contributed by atoms with van der Waals surface area (Å²) in [7, 11) is 4.96. The molecule has 1 fully saturated rings. The van der Waals surface area contributed by atoms with Crippen LogP contribution in [0.3, 0.4) is 0 Å². The molecule has 0 saturated carbocycles. The van der Waals surface area contributed by atoms with Gasteiger partial charge in [-0.1, -0.05) is 55.8 Å². The van der Waals surface area contributed by atoms with Crippen LogP contribution in [0.15, 0.2) is 54.6 Å². The van der Waals surface area contributed by atoms with E-state index in [0.29, 0.717) is 26.4 Å². The van der Waals surface area contributed by atoms with Gasteiger partial charge in [-0.25, -0.2) is 0 Å². The molecule has 2 aromatic carbocycles. The molecular weight excluding hydrogens is 436 g/mol. The van der Waals surface area contributed by atoms with Crippen molar-refractivity contribution in [1.82, 2.24) is 0 Å². The van der Waals surface area contributed by atoms with E-state index >= 15 is 0 Å². The van der Waals surface area contributed by atoms with Gasteiger partial charge in [0.2, 0.25) is 0 Å². The Balaban J connectivity index is 1.70. The maximum absolute atomic E-state index is 6.35. The summed E-state index contributed by atoms with van der Waals surface area (Å²) in [5, 5.41) is 0. The zero-order valence-corrected chi connectivity index (χ0v) is 20.7. The first-order valence-corrected chi connectivity index (χ1v) is 11.9. The van der Waals surface area contributed by atoms with Crippen LogP contribution < -0.4 is 4.74 Å². The minimum atomic E-state index is -0.562. The molecule has 188 valence electrons. The third-order valence-corrected chi connectivity index (χ3v) is 5.91. The molecule has 0 bridgehead atoms. The fraction of sp³-hybridized carbons (Fsp3) is 0.556. The molecule has 7 nitrogen and oxygen atoms in total. The smallest absolute Gasteiger partial charge is 0.186 e. The second kappa shape index (κ2) is 14.4. The number of rotatable bonds is 14. The topological polar surface area (TPSA) is 64.6 Å². The van der Waals surface area contributed by atoms with Gasteiger partial charge in [0.25, 0.3) is 0 Å². The monoisotopic (exact) mass is 474 g/mol. The predicted molar refractivity (Wildman–Crippen MR) is 129 cm³/mol. The van der Waals surface area contributed by atoms with Gasteiger partial charge in [0.1, 0.15) is 30.2 Å². The van der Waals surface area contributed by atoms with E-state index in [-0.39, 0.29) is 12.2 Å². The SMILES string of the molecule is CCCCO[C@@H]1O[C@H](COCc2ccc(OC)cc2)[C@H](OCc2ccccc2)[C@H](OC)[C@H]1OC. The van der Waals surface area contributed by atoms with Crippen LogP contribution in [0, 0.1) is 0 Å². The van der Waals surface area contributed by atoms with E-state index in [9.17, 15) is 0 Å². The largest absolute Gasteiger partial charge is 0.497 e. The van der Waals surface area contributed by atoms with Crippen molar-refractivity contribution in [1.29, 1.82) is 0 Å². The summed E-state index contributed by atoms with van der Waals surface area (Å²) in [6.07, 6.45) is -0.144. The van der Waals surface area contributed by atoms with Gasteiger partial charge in [0, 0.05) is 20.8 Å². The molecule has 1 saturated heterocycles. The number of hydrogen-bond donors (Lipinski definition) is 0. The first-order valence-electron chi connectivity index (χ1n) is 11.9. The quantitative estimate of drug-likeness (QED) is 0.377. The Morgan fingerprint density at radius 2 is 1.47 bits per heavy atom. The first-order chi connectivity index (χ1) is 16.7. The van der Waals surface area contributed by atoms with Crippen LogP contribution in [-0.4, -0.2) is 65.2 Å². The van der Waals surface area contributed by atoms with Gasteiger partial charge >= 0.3 is 0 Å². The second-order valence-electron chi connectivity index (χ2n) is 8.29. The lowest BCUT2D eigenvalue weighted by Gasteiger charge is -2.45. The number of hydrogen-bond acceptors (Lipinski definition) is 7. The van der Waals surface area contributed by atoms with Gasteiger partial charge in [-0.3, -0.25) is 0 Å². The highest BCUT2D eigenvalue weighted by Crippen LogP contribution is 2.29. The third kappa shape index (κ3) is 7.50. The Kier molecular flexibility index (Phi) is 11.3. The number of unbranched alkanes of at least 4 members (excludes halogenated alkanes) is 1. The van der Waals surface area contributed by atoms with Crippen molar-refractivity contribution < 1.29 is 33.2 Å². The summed E-state index contributed by atoms with van der Waals surface area (Å²) < 4.78 is 41.6. The van der Waals surface area contributed by atoms with Gasteiger partial charge < -0.3 is 33.2 Å². The Labute approximate surface area is 203 Å². The van der Waals surface area contributed by atoms with Crippen LogP contribution in [0.4, 0.5) is 0 Å². The highest BCUT2D eigenvalue weighted by Gasteiger charge is 2.48. The molecule has 0 spiro atoms. The molecule has 5 atom stereocenters. The van der Waals surface area contributed by atoms with Crippen LogP contribution >= 0.6 is 0 Å². The van der Waals surface area contributed by atoms with E-state index in [2.05, 4.69) is 6.92 Å². The molecule has 7 heteroatoms. The minimum absolute atomic E-state index is 0.329. The minimum Gasteiger partial charge on any atom is -0.497 e. The van der Waals surface area contributed by atoms with E-state index in [0.717, 1.165) is 29.7 Å². The average Bonchev–Trinajstić information content (AvgIpc) is 2.88. The normalized spacial score (nSPS) is 24.8. The highest BCUT2D eigenvalue weighted by atomic mass is 16.7. The van der Waals surface area contributed by atoms with Crippen LogP contribution in [0.25, 0.3) is 0 Å². The lowest BCUT2D eigenvalue weighted by molar-refractivity contribution is -0.318. The van der Waals surface area contributed by atoms with Crippen LogP contribution in [0.1, 0.15) is 30.9 Å². The Morgan fingerprint density at radius 3 is 2.12 bits per heavy atom. The van der Waals surface area contributed by atoms with Gasteiger partial charge in [-0.05, 0) is 29.7 Å². The molecule has 0 unspecified atom stereocenters. The van der Waals surface area contributed by atoms with Crippen molar-refractivity contribution in [3.8, 4) is 5.75 Å². The molecular formula is C27H38O7. The summed E-state index contributed by atoms with van der Waals surface area (Å²) >= 11 is 0. The number of methoxy groups -OCH3 is 3. The molecule has 0 radical (unpaired) electrons. The van der Waals surface area contributed by atoms with Crippen molar-refractivity contribution in [2.24, 2.45) is 0 Å². The summed E-state index contributed by atoms with van der Waals surface area (Å²) in [4.78, 5) is 0.